The second kappa shape index (κ2) is 10.8. The maximum absolute atomic E-state index is 13.4. The van der Waals surface area contributed by atoms with E-state index in [1.165, 1.54) is 12.1 Å². The van der Waals surface area contributed by atoms with E-state index in [1.807, 2.05) is 6.07 Å². The summed E-state index contributed by atoms with van der Waals surface area (Å²) >= 11 is 0. The van der Waals surface area contributed by atoms with Crippen LogP contribution in [0.25, 0.3) is 0 Å². The lowest BCUT2D eigenvalue weighted by atomic mass is 10.1. The number of hydrogen-bond acceptors (Lipinski definition) is 3. The van der Waals surface area contributed by atoms with Gasteiger partial charge in [0.1, 0.15) is 5.82 Å². The number of nitrogens with zero attached hydrogens (tertiary/aromatic N) is 1. The number of halogens is 1. The van der Waals surface area contributed by atoms with E-state index in [-0.39, 0.29) is 24.3 Å². The molecule has 3 rings (SSSR count). The Hall–Kier alpha value is -3.09. The van der Waals surface area contributed by atoms with E-state index in [9.17, 15) is 14.0 Å². The largest absolute Gasteiger partial charge is 0.370 e. The number of benzene rings is 2. The van der Waals surface area contributed by atoms with Gasteiger partial charge < -0.3 is 20.9 Å². The van der Waals surface area contributed by atoms with E-state index in [0.29, 0.717) is 29.3 Å². The molecule has 166 valence electrons. The third-order valence-electron chi connectivity index (χ3n) is 5.30. The summed E-state index contributed by atoms with van der Waals surface area (Å²) in [4.78, 5) is 27.3. The van der Waals surface area contributed by atoms with E-state index >= 15 is 0 Å². The van der Waals surface area contributed by atoms with Gasteiger partial charge in [-0.25, -0.2) is 9.18 Å². The number of amides is 3. The van der Waals surface area contributed by atoms with Crippen molar-refractivity contribution >= 4 is 23.3 Å². The summed E-state index contributed by atoms with van der Waals surface area (Å²) in [7, 11) is 0. The Balaban J connectivity index is 1.71. The molecule has 0 radical (unpaired) electrons. The Morgan fingerprint density at radius 1 is 1.06 bits per heavy atom. The normalized spacial score (nSPS) is 13.4. The molecule has 1 fully saturated rings. The minimum Gasteiger partial charge on any atom is -0.370 e. The van der Waals surface area contributed by atoms with Crippen LogP contribution in [0.3, 0.4) is 0 Å². The lowest BCUT2D eigenvalue weighted by Gasteiger charge is -2.22. The van der Waals surface area contributed by atoms with Crippen molar-refractivity contribution in [2.24, 2.45) is 5.92 Å². The molecule has 1 aliphatic heterocycles. The van der Waals surface area contributed by atoms with Crippen LogP contribution >= 0.6 is 0 Å². The van der Waals surface area contributed by atoms with Crippen LogP contribution in [0.15, 0.2) is 42.5 Å². The van der Waals surface area contributed by atoms with Crippen LogP contribution in [0.4, 0.5) is 20.6 Å². The molecule has 1 heterocycles. The molecule has 0 spiro atoms. The van der Waals surface area contributed by atoms with E-state index < -0.39 is 0 Å². The second-order valence-corrected chi connectivity index (χ2v) is 8.30. The summed E-state index contributed by atoms with van der Waals surface area (Å²) in [5.41, 5.74) is 2.65. The van der Waals surface area contributed by atoms with Crippen molar-refractivity contribution in [2.45, 2.75) is 39.7 Å². The van der Waals surface area contributed by atoms with Gasteiger partial charge in [0, 0.05) is 31.7 Å². The Morgan fingerprint density at radius 2 is 1.84 bits per heavy atom. The smallest absolute Gasteiger partial charge is 0.319 e. The highest BCUT2D eigenvalue weighted by Gasteiger charge is 2.19. The van der Waals surface area contributed by atoms with Crippen LogP contribution in [0.5, 0.6) is 0 Å². The van der Waals surface area contributed by atoms with Gasteiger partial charge in [-0.05, 0) is 61.1 Å². The molecule has 0 aromatic heterocycles. The van der Waals surface area contributed by atoms with Crippen LogP contribution in [-0.4, -0.2) is 31.6 Å². The van der Waals surface area contributed by atoms with Crippen molar-refractivity contribution < 1.29 is 14.0 Å². The summed E-state index contributed by atoms with van der Waals surface area (Å²) in [6.45, 7) is 6.89. The molecular formula is C24H31FN4O2. The van der Waals surface area contributed by atoms with Crippen molar-refractivity contribution in [1.29, 1.82) is 0 Å². The molecule has 1 aliphatic rings. The zero-order valence-corrected chi connectivity index (χ0v) is 18.2. The lowest BCUT2D eigenvalue weighted by Crippen LogP contribution is -2.31. The predicted molar refractivity (Wildman–Crippen MR) is 122 cm³/mol. The van der Waals surface area contributed by atoms with Gasteiger partial charge in [0.25, 0.3) is 5.91 Å². The zero-order valence-electron chi connectivity index (χ0n) is 18.2. The monoisotopic (exact) mass is 426 g/mol. The summed E-state index contributed by atoms with van der Waals surface area (Å²) in [6.07, 6.45) is 3.11. The van der Waals surface area contributed by atoms with E-state index in [2.05, 4.69) is 34.7 Å². The first-order valence-corrected chi connectivity index (χ1v) is 10.9. The Bertz CT molecular complexity index is 910. The first kappa shape index (κ1) is 22.6. The van der Waals surface area contributed by atoms with Gasteiger partial charge in [-0.2, -0.15) is 0 Å². The van der Waals surface area contributed by atoms with E-state index in [4.69, 9.17) is 0 Å². The molecule has 3 N–H and O–H groups in total. The average Bonchev–Trinajstić information content (AvgIpc) is 3.26. The third kappa shape index (κ3) is 6.70. The highest BCUT2D eigenvalue weighted by molar-refractivity contribution is 5.99. The van der Waals surface area contributed by atoms with Crippen LogP contribution < -0.4 is 20.9 Å². The minimum atomic E-state index is -0.336. The number of urea groups is 1. The molecule has 6 nitrogen and oxygen atoms in total. The molecule has 0 saturated carbocycles. The van der Waals surface area contributed by atoms with Gasteiger partial charge in [-0.3, -0.25) is 4.79 Å². The summed E-state index contributed by atoms with van der Waals surface area (Å²) in [6, 6.07) is 11.2. The molecule has 0 aliphatic carbocycles. The van der Waals surface area contributed by atoms with Crippen LogP contribution in [0.2, 0.25) is 0 Å². The molecular weight excluding hydrogens is 395 g/mol. The van der Waals surface area contributed by atoms with Gasteiger partial charge in [0.2, 0.25) is 0 Å². The van der Waals surface area contributed by atoms with Crippen molar-refractivity contribution in [3.8, 4) is 0 Å². The van der Waals surface area contributed by atoms with Gasteiger partial charge in [0.05, 0.1) is 11.4 Å². The molecule has 0 unspecified atom stereocenters. The molecule has 3 amide bonds. The van der Waals surface area contributed by atoms with Crippen molar-refractivity contribution in [2.75, 3.05) is 29.9 Å². The van der Waals surface area contributed by atoms with E-state index in [0.717, 1.165) is 38.0 Å². The van der Waals surface area contributed by atoms with Crippen LogP contribution in [0.1, 0.15) is 49.0 Å². The molecule has 1 saturated heterocycles. The fourth-order valence-corrected chi connectivity index (χ4v) is 3.58. The van der Waals surface area contributed by atoms with Crippen LogP contribution in [0, 0.1) is 11.7 Å². The summed E-state index contributed by atoms with van der Waals surface area (Å²) in [5.74, 6) is -0.109. The van der Waals surface area contributed by atoms with Crippen molar-refractivity contribution in [3.05, 3.63) is 59.4 Å². The second-order valence-electron chi connectivity index (χ2n) is 8.30. The number of nitrogens with one attached hydrogen (secondary N) is 3. The minimum absolute atomic E-state index is 0.225. The molecule has 0 bridgehead atoms. The molecule has 0 atom stereocenters. The number of anilines is 2. The van der Waals surface area contributed by atoms with Gasteiger partial charge >= 0.3 is 6.03 Å². The molecule has 2 aromatic carbocycles. The maximum Gasteiger partial charge on any atom is 0.319 e. The van der Waals surface area contributed by atoms with Crippen LogP contribution in [-0.2, 0) is 6.54 Å². The highest BCUT2D eigenvalue weighted by Crippen LogP contribution is 2.30. The quantitative estimate of drug-likeness (QED) is 0.581. The standard InChI is InChI=1S/C24H31FN4O2/c1-17(2)10-11-26-24(31)28-21-15-19(8-9-22(21)29-12-3-4-13-29)23(30)27-16-18-6-5-7-20(25)14-18/h5-9,14-15,17H,3-4,10-13,16H2,1-2H3,(H,27,30)(H2,26,28,31). The molecule has 2 aromatic rings. The Kier molecular flexibility index (Phi) is 7.87. The highest BCUT2D eigenvalue weighted by atomic mass is 19.1. The Morgan fingerprint density at radius 3 is 2.55 bits per heavy atom. The number of carbonyl (C=O) groups excluding carboxylic acids is 2. The topological polar surface area (TPSA) is 73.5 Å². The SMILES string of the molecule is CC(C)CCNC(=O)Nc1cc(C(=O)NCc2cccc(F)c2)ccc1N1CCCC1. The van der Waals surface area contributed by atoms with Gasteiger partial charge in [-0.1, -0.05) is 26.0 Å². The fourth-order valence-electron chi connectivity index (χ4n) is 3.58. The number of hydrogen-bond donors (Lipinski definition) is 3. The maximum atomic E-state index is 13.4. The van der Waals surface area contributed by atoms with Crippen molar-refractivity contribution in [1.82, 2.24) is 10.6 Å². The molecule has 7 heteroatoms. The first-order valence-electron chi connectivity index (χ1n) is 10.9. The summed E-state index contributed by atoms with van der Waals surface area (Å²) in [5, 5.41) is 8.60. The lowest BCUT2D eigenvalue weighted by molar-refractivity contribution is 0.0951. The number of rotatable bonds is 8. The van der Waals surface area contributed by atoms with Gasteiger partial charge in [-0.15, -0.1) is 0 Å². The van der Waals surface area contributed by atoms with Crippen molar-refractivity contribution in [3.63, 3.8) is 0 Å². The zero-order chi connectivity index (χ0) is 22.2. The summed E-state index contributed by atoms with van der Waals surface area (Å²) < 4.78 is 13.4. The van der Waals surface area contributed by atoms with Gasteiger partial charge in [0.15, 0.2) is 0 Å². The average molecular weight is 427 g/mol. The fraction of sp³-hybridized carbons (Fsp3) is 0.417. The first-order chi connectivity index (χ1) is 14.9. The third-order valence-corrected chi connectivity index (χ3v) is 5.30. The molecule has 31 heavy (non-hydrogen) atoms. The Labute approximate surface area is 183 Å². The number of carbonyl (C=O) groups is 2. The predicted octanol–water partition coefficient (Wildman–Crippen LogP) is 4.52. The van der Waals surface area contributed by atoms with E-state index in [1.54, 1.807) is 24.3 Å².